The van der Waals surface area contributed by atoms with Gasteiger partial charge in [0.1, 0.15) is 11.9 Å². The Kier molecular flexibility index (Phi) is 17.9. The number of carbonyl (C=O) groups excluding carboxylic acids is 2. The normalized spacial score (nSPS) is 15.4. The van der Waals surface area contributed by atoms with Gasteiger partial charge in [0.25, 0.3) is 0 Å². The van der Waals surface area contributed by atoms with Gasteiger partial charge in [0.15, 0.2) is 0 Å². The summed E-state index contributed by atoms with van der Waals surface area (Å²) in [7, 11) is 0. The van der Waals surface area contributed by atoms with E-state index in [0.717, 1.165) is 0 Å². The van der Waals surface area contributed by atoms with Gasteiger partial charge in [-0.3, -0.25) is 14.9 Å². The second-order valence-corrected chi connectivity index (χ2v) is 3.63. The predicted molar refractivity (Wildman–Crippen MR) is 89.5 cm³/mol. The third kappa shape index (κ3) is 8.59. The van der Waals surface area contributed by atoms with Crippen molar-refractivity contribution < 1.29 is 49.5 Å². The fraction of sp³-hybridized carbons (Fsp3) is 0.438. The molecule has 6 heteroatoms. The minimum atomic E-state index is -0.547. The number of rotatable bonds is 2. The first kappa shape index (κ1) is 26.1. The molecule has 1 aromatic carbocycles. The molecule has 1 unspecified atom stereocenters. The molecule has 0 spiro atoms. The number of piperidine rings is 1. The third-order valence-corrected chi connectivity index (χ3v) is 2.44. The monoisotopic (exact) mass is 390 g/mol. The van der Waals surface area contributed by atoms with Gasteiger partial charge in [-0.25, -0.2) is 4.39 Å². The van der Waals surface area contributed by atoms with Crippen molar-refractivity contribution in [2.45, 2.75) is 46.6 Å². The zero-order valence-corrected chi connectivity index (χ0v) is 16.9. The van der Waals surface area contributed by atoms with Crippen molar-refractivity contribution in [2.75, 3.05) is 5.32 Å². The molecule has 2 N–H and O–H groups in total. The summed E-state index contributed by atoms with van der Waals surface area (Å²) < 4.78 is 13.3. The molecule has 1 fully saturated rings. The fourth-order valence-electron chi connectivity index (χ4n) is 1.60. The quantitative estimate of drug-likeness (QED) is 0.592. The van der Waals surface area contributed by atoms with Crippen molar-refractivity contribution in [3.8, 4) is 0 Å². The molecule has 127 valence electrons. The van der Waals surface area contributed by atoms with Crippen molar-refractivity contribution in [2.24, 2.45) is 0 Å². The van der Waals surface area contributed by atoms with Crippen LogP contribution in [0.1, 0.15) is 43.4 Å². The van der Waals surface area contributed by atoms with Crippen LogP contribution in [0.5, 0.6) is 0 Å². The van der Waals surface area contributed by atoms with Crippen LogP contribution < -0.4 is 10.6 Å². The van der Waals surface area contributed by atoms with Crippen LogP contribution in [0.2, 0.25) is 0 Å². The molecular formula is C16H30FN2O2Y-. The van der Waals surface area contributed by atoms with E-state index in [4.69, 9.17) is 0 Å². The van der Waals surface area contributed by atoms with Crippen molar-refractivity contribution >= 4 is 17.5 Å². The van der Waals surface area contributed by atoms with Gasteiger partial charge in [-0.2, -0.15) is 0 Å². The number of hydrogen-bond donors (Lipinski definition) is 2. The molecule has 0 aliphatic carbocycles. The van der Waals surface area contributed by atoms with E-state index in [-0.39, 0.29) is 61.0 Å². The smallest absolute Gasteiger partial charge is 0.249 e. The molecule has 1 saturated heterocycles. The van der Waals surface area contributed by atoms with Gasteiger partial charge < -0.3 is 12.7 Å². The third-order valence-electron chi connectivity index (χ3n) is 2.44. The molecule has 0 bridgehead atoms. The van der Waals surface area contributed by atoms with Gasteiger partial charge in [0, 0.05) is 42.0 Å². The fourth-order valence-corrected chi connectivity index (χ4v) is 1.60. The first-order valence-electron chi connectivity index (χ1n) is 7.01. The Bertz CT molecular complexity index is 452. The Morgan fingerprint density at radius 2 is 1.73 bits per heavy atom. The number of anilines is 1. The van der Waals surface area contributed by atoms with E-state index >= 15 is 0 Å². The predicted octanol–water partition coefficient (Wildman–Crippen LogP) is 4.03. The maximum atomic E-state index is 13.3. The van der Waals surface area contributed by atoms with Crippen LogP contribution in [-0.2, 0) is 42.3 Å². The Morgan fingerprint density at radius 3 is 2.23 bits per heavy atom. The minimum Gasteiger partial charge on any atom is -0.371 e. The van der Waals surface area contributed by atoms with Crippen LogP contribution in [0.3, 0.4) is 0 Å². The molecule has 22 heavy (non-hydrogen) atoms. The molecular weight excluding hydrogens is 360 g/mol. The zero-order valence-electron chi connectivity index (χ0n) is 14.1. The topological polar surface area (TPSA) is 58.2 Å². The van der Waals surface area contributed by atoms with E-state index < -0.39 is 17.8 Å². The van der Waals surface area contributed by atoms with E-state index in [1.165, 1.54) is 6.07 Å². The van der Waals surface area contributed by atoms with Crippen molar-refractivity contribution in [1.29, 1.82) is 0 Å². The van der Waals surface area contributed by atoms with Crippen LogP contribution in [0.15, 0.2) is 24.3 Å². The van der Waals surface area contributed by atoms with Gasteiger partial charge in [-0.15, -0.1) is 0 Å². The van der Waals surface area contributed by atoms with Gasteiger partial charge in [0.05, 0.1) is 5.69 Å². The average molecular weight is 390 g/mol. The Balaban J connectivity index is -0.000000140. The van der Waals surface area contributed by atoms with Gasteiger partial charge in [-0.05, 0) is 18.6 Å². The molecule has 2 amide bonds. The molecule has 1 atom stereocenters. The van der Waals surface area contributed by atoms with Crippen molar-refractivity contribution in [3.63, 3.8) is 0 Å². The first-order valence-corrected chi connectivity index (χ1v) is 7.01. The Morgan fingerprint density at radius 1 is 1.18 bits per heavy atom. The largest absolute Gasteiger partial charge is 0.371 e. The van der Waals surface area contributed by atoms with E-state index in [2.05, 4.69) is 10.6 Å². The molecule has 1 radical (unpaired) electrons. The van der Waals surface area contributed by atoms with E-state index in [1.807, 2.05) is 27.7 Å². The number of halogens is 1. The molecule has 1 aliphatic rings. The first-order chi connectivity index (χ1) is 9.66. The van der Waals surface area contributed by atoms with Gasteiger partial charge in [0.2, 0.25) is 11.8 Å². The maximum absolute atomic E-state index is 13.3. The molecule has 2 rings (SSSR count). The summed E-state index contributed by atoms with van der Waals surface area (Å²) in [5, 5.41) is 4.99. The summed E-state index contributed by atoms with van der Waals surface area (Å²) >= 11 is 0. The number of hydrogen-bond acceptors (Lipinski definition) is 3. The SMILES string of the molecule is CC.CC.O=C1CCC(Nc2ccccc2F)C(=O)N1.[CH3-].[HH].[HH].[Y]. The van der Waals surface area contributed by atoms with Crippen molar-refractivity contribution in [3.05, 3.63) is 37.5 Å². The van der Waals surface area contributed by atoms with Gasteiger partial charge >= 0.3 is 0 Å². The second-order valence-electron chi connectivity index (χ2n) is 3.63. The molecule has 1 heterocycles. The zero-order chi connectivity index (χ0) is 15.5. The average Bonchev–Trinajstić information content (AvgIpc) is 2.48. The number of amides is 2. The standard InChI is InChI=1S/C11H11FN2O2.2C2H6.CH3.Y.2H2/c12-7-3-1-2-4-8(7)13-9-5-6-10(15)14-11(9)16;2*1-2;;;;/h1-4,9,13H,5-6H2,(H,14,15,16);2*1-2H3;1H3;;2*1H/q;;;-1;;;. The molecule has 0 aromatic heterocycles. The number of benzene rings is 1. The molecule has 0 saturated carbocycles. The van der Waals surface area contributed by atoms with Gasteiger partial charge in [-0.1, -0.05) is 39.8 Å². The summed E-state index contributed by atoms with van der Waals surface area (Å²) in [6.45, 7) is 8.00. The minimum absolute atomic E-state index is 0. The number of nitrogens with one attached hydrogen (secondary N) is 2. The van der Waals surface area contributed by atoms with Crippen molar-refractivity contribution in [1.82, 2.24) is 5.32 Å². The van der Waals surface area contributed by atoms with E-state index in [1.54, 1.807) is 18.2 Å². The Hall–Kier alpha value is -0.806. The van der Waals surface area contributed by atoms with Crippen LogP contribution >= 0.6 is 0 Å². The summed E-state index contributed by atoms with van der Waals surface area (Å²) in [6.07, 6.45) is 0.664. The van der Waals surface area contributed by atoms with Crippen LogP contribution in [0.25, 0.3) is 0 Å². The second kappa shape index (κ2) is 15.1. The van der Waals surface area contributed by atoms with Crippen LogP contribution in [-0.4, -0.2) is 17.9 Å². The van der Waals surface area contributed by atoms with Crippen LogP contribution in [0.4, 0.5) is 10.1 Å². The Labute approximate surface area is 161 Å². The van der Waals surface area contributed by atoms with Crippen LogP contribution in [0, 0.1) is 13.2 Å². The number of carbonyl (C=O) groups is 2. The van der Waals surface area contributed by atoms with E-state index in [0.29, 0.717) is 6.42 Å². The summed E-state index contributed by atoms with van der Waals surface area (Å²) in [5.74, 6) is -1.09. The number of imide groups is 1. The van der Waals surface area contributed by atoms with E-state index in [9.17, 15) is 14.0 Å². The molecule has 4 nitrogen and oxygen atoms in total. The summed E-state index contributed by atoms with van der Waals surface area (Å²) in [4.78, 5) is 22.3. The summed E-state index contributed by atoms with van der Waals surface area (Å²) in [6, 6.07) is 5.57. The molecule has 1 aliphatic heterocycles. The number of para-hydroxylation sites is 1. The molecule has 1 aromatic rings. The maximum Gasteiger partial charge on any atom is 0.249 e. The summed E-state index contributed by atoms with van der Waals surface area (Å²) in [5.41, 5.74) is 0.275.